The molecule has 1 heterocycles. The molecule has 1 saturated carbocycles. The maximum atomic E-state index is 4.29. The highest BCUT2D eigenvalue weighted by molar-refractivity contribution is 5.79. The first-order chi connectivity index (χ1) is 9.38. The van der Waals surface area contributed by atoms with E-state index in [1.807, 2.05) is 30.2 Å². The van der Waals surface area contributed by atoms with Crippen LogP contribution in [0.5, 0.6) is 0 Å². The van der Waals surface area contributed by atoms with Gasteiger partial charge in [0.05, 0.1) is 0 Å². The summed E-state index contributed by atoms with van der Waals surface area (Å²) in [6.07, 6.45) is 11.5. The Morgan fingerprint density at radius 1 is 1.37 bits per heavy atom. The summed E-state index contributed by atoms with van der Waals surface area (Å²) in [5.74, 6) is 0.937. The average Bonchev–Trinajstić information content (AvgIpc) is 2.96. The van der Waals surface area contributed by atoms with Crippen molar-refractivity contribution in [3.63, 3.8) is 0 Å². The molecule has 0 atom stereocenters. The highest BCUT2D eigenvalue weighted by Crippen LogP contribution is 2.17. The fraction of sp³-hybridized carbons (Fsp3) is 0.714. The Bertz CT molecular complexity index is 365. The Morgan fingerprint density at radius 3 is 2.89 bits per heavy atom. The number of rotatable bonds is 5. The molecule has 19 heavy (non-hydrogen) atoms. The molecule has 0 aromatic carbocycles. The molecule has 106 valence electrons. The molecule has 2 rings (SSSR count). The van der Waals surface area contributed by atoms with Gasteiger partial charge >= 0.3 is 0 Å². The van der Waals surface area contributed by atoms with Gasteiger partial charge in [-0.3, -0.25) is 9.67 Å². The van der Waals surface area contributed by atoms with E-state index in [9.17, 15) is 0 Å². The number of hydrogen-bond acceptors (Lipinski definition) is 2. The van der Waals surface area contributed by atoms with E-state index in [4.69, 9.17) is 0 Å². The first kappa shape index (κ1) is 13.9. The lowest BCUT2D eigenvalue weighted by Gasteiger charge is -2.24. The molecule has 0 spiro atoms. The topological polar surface area (TPSA) is 54.2 Å². The predicted molar refractivity (Wildman–Crippen MR) is 78.2 cm³/mol. The summed E-state index contributed by atoms with van der Waals surface area (Å²) in [6.45, 7) is 1.87. The van der Waals surface area contributed by atoms with Gasteiger partial charge in [0, 0.05) is 38.6 Å². The minimum atomic E-state index is 0.603. The molecule has 5 heteroatoms. The molecule has 5 nitrogen and oxygen atoms in total. The van der Waals surface area contributed by atoms with E-state index in [1.54, 1.807) is 0 Å². The summed E-state index contributed by atoms with van der Waals surface area (Å²) in [4.78, 5) is 4.29. The molecule has 1 fully saturated rings. The minimum Gasteiger partial charge on any atom is -0.356 e. The van der Waals surface area contributed by atoms with Gasteiger partial charge in [0.2, 0.25) is 0 Å². The van der Waals surface area contributed by atoms with Crippen molar-refractivity contribution in [2.45, 2.75) is 51.1 Å². The van der Waals surface area contributed by atoms with Crippen molar-refractivity contribution in [1.29, 1.82) is 0 Å². The minimum absolute atomic E-state index is 0.603. The van der Waals surface area contributed by atoms with E-state index in [2.05, 4.69) is 20.7 Å². The van der Waals surface area contributed by atoms with Crippen LogP contribution < -0.4 is 10.6 Å². The van der Waals surface area contributed by atoms with Gasteiger partial charge in [-0.1, -0.05) is 19.3 Å². The molecule has 0 saturated heterocycles. The quantitative estimate of drug-likeness (QED) is 0.483. The third-order valence-electron chi connectivity index (χ3n) is 3.59. The zero-order valence-electron chi connectivity index (χ0n) is 11.8. The van der Waals surface area contributed by atoms with Crippen LogP contribution in [-0.2, 0) is 6.54 Å². The SMILES string of the molecule is CN=C(NCCCn1cccn1)NC1CCCCC1. The van der Waals surface area contributed by atoms with Crippen molar-refractivity contribution in [2.75, 3.05) is 13.6 Å². The van der Waals surface area contributed by atoms with Gasteiger partial charge in [-0.15, -0.1) is 0 Å². The first-order valence-electron chi connectivity index (χ1n) is 7.33. The molecule has 0 aliphatic heterocycles. The lowest BCUT2D eigenvalue weighted by Crippen LogP contribution is -2.44. The van der Waals surface area contributed by atoms with Crippen molar-refractivity contribution in [3.05, 3.63) is 18.5 Å². The van der Waals surface area contributed by atoms with Crippen LogP contribution in [-0.4, -0.2) is 35.4 Å². The zero-order valence-corrected chi connectivity index (χ0v) is 11.8. The Hall–Kier alpha value is -1.52. The van der Waals surface area contributed by atoms with Crippen molar-refractivity contribution in [3.8, 4) is 0 Å². The zero-order chi connectivity index (χ0) is 13.3. The van der Waals surface area contributed by atoms with Gasteiger partial charge in [0.1, 0.15) is 0 Å². The van der Waals surface area contributed by atoms with Gasteiger partial charge in [-0.2, -0.15) is 5.10 Å². The summed E-state index contributed by atoms with van der Waals surface area (Å²) in [5.41, 5.74) is 0. The summed E-state index contributed by atoms with van der Waals surface area (Å²) >= 11 is 0. The fourth-order valence-corrected chi connectivity index (χ4v) is 2.52. The summed E-state index contributed by atoms with van der Waals surface area (Å²) in [5, 5.41) is 11.1. The van der Waals surface area contributed by atoms with Crippen molar-refractivity contribution < 1.29 is 0 Å². The molecule has 0 unspecified atom stereocenters. The summed E-state index contributed by atoms with van der Waals surface area (Å²) in [7, 11) is 1.84. The van der Waals surface area contributed by atoms with E-state index in [-0.39, 0.29) is 0 Å². The highest BCUT2D eigenvalue weighted by atomic mass is 15.3. The Kier molecular flexibility index (Phi) is 5.72. The standard InChI is InChI=1S/C14H25N5/c1-15-14(18-13-7-3-2-4-8-13)16-9-5-11-19-12-6-10-17-19/h6,10,12-13H,2-5,7-9,11H2,1H3,(H2,15,16,18). The predicted octanol–water partition coefficient (Wildman–Crippen LogP) is 1.77. The van der Waals surface area contributed by atoms with Crippen LogP contribution in [0.1, 0.15) is 38.5 Å². The molecule has 1 aromatic rings. The Labute approximate surface area is 115 Å². The van der Waals surface area contributed by atoms with E-state index < -0.39 is 0 Å². The van der Waals surface area contributed by atoms with Crippen LogP contribution in [0.4, 0.5) is 0 Å². The van der Waals surface area contributed by atoms with Crippen molar-refractivity contribution in [2.24, 2.45) is 4.99 Å². The number of nitrogens with zero attached hydrogens (tertiary/aromatic N) is 3. The largest absolute Gasteiger partial charge is 0.356 e. The van der Waals surface area contributed by atoms with Crippen LogP contribution >= 0.6 is 0 Å². The maximum Gasteiger partial charge on any atom is 0.191 e. The van der Waals surface area contributed by atoms with Gasteiger partial charge in [-0.25, -0.2) is 0 Å². The smallest absolute Gasteiger partial charge is 0.191 e. The fourth-order valence-electron chi connectivity index (χ4n) is 2.52. The highest BCUT2D eigenvalue weighted by Gasteiger charge is 2.13. The average molecular weight is 263 g/mol. The summed E-state index contributed by atoms with van der Waals surface area (Å²) in [6, 6.07) is 2.56. The van der Waals surface area contributed by atoms with Crippen LogP contribution in [0.3, 0.4) is 0 Å². The van der Waals surface area contributed by atoms with Gasteiger partial charge in [0.15, 0.2) is 5.96 Å². The second-order valence-electron chi connectivity index (χ2n) is 5.10. The monoisotopic (exact) mass is 263 g/mol. The van der Waals surface area contributed by atoms with Gasteiger partial charge in [0.25, 0.3) is 0 Å². The molecular formula is C14H25N5. The second kappa shape index (κ2) is 7.81. The van der Waals surface area contributed by atoms with Crippen molar-refractivity contribution >= 4 is 5.96 Å². The molecule has 1 aliphatic carbocycles. The molecule has 2 N–H and O–H groups in total. The number of aryl methyl sites for hydroxylation is 1. The summed E-state index contributed by atoms with van der Waals surface area (Å²) < 4.78 is 1.96. The van der Waals surface area contributed by atoms with Crippen LogP contribution in [0.15, 0.2) is 23.5 Å². The molecule has 0 radical (unpaired) electrons. The lowest BCUT2D eigenvalue weighted by atomic mass is 9.96. The third-order valence-corrected chi connectivity index (χ3v) is 3.59. The first-order valence-corrected chi connectivity index (χ1v) is 7.33. The van der Waals surface area contributed by atoms with E-state index in [0.29, 0.717) is 6.04 Å². The molecule has 0 amide bonds. The number of hydrogen-bond donors (Lipinski definition) is 2. The lowest BCUT2D eigenvalue weighted by molar-refractivity contribution is 0.409. The second-order valence-corrected chi connectivity index (χ2v) is 5.10. The molecule has 1 aromatic heterocycles. The Balaban J connectivity index is 1.62. The van der Waals surface area contributed by atoms with Crippen LogP contribution in [0, 0.1) is 0 Å². The molecular weight excluding hydrogens is 238 g/mol. The van der Waals surface area contributed by atoms with E-state index in [0.717, 1.165) is 25.5 Å². The maximum absolute atomic E-state index is 4.29. The number of nitrogens with one attached hydrogen (secondary N) is 2. The van der Waals surface area contributed by atoms with Crippen LogP contribution in [0.25, 0.3) is 0 Å². The van der Waals surface area contributed by atoms with Gasteiger partial charge in [-0.05, 0) is 25.3 Å². The van der Waals surface area contributed by atoms with E-state index in [1.165, 1.54) is 32.1 Å². The molecule has 0 bridgehead atoms. The molecule has 1 aliphatic rings. The normalized spacial score (nSPS) is 17.4. The van der Waals surface area contributed by atoms with Gasteiger partial charge < -0.3 is 10.6 Å². The van der Waals surface area contributed by atoms with Crippen LogP contribution in [0.2, 0.25) is 0 Å². The number of aliphatic imine (C=N–C) groups is 1. The van der Waals surface area contributed by atoms with E-state index >= 15 is 0 Å². The van der Waals surface area contributed by atoms with Crippen molar-refractivity contribution in [1.82, 2.24) is 20.4 Å². The number of guanidine groups is 1. The Morgan fingerprint density at radius 2 is 2.21 bits per heavy atom. The third kappa shape index (κ3) is 4.93. The number of aromatic nitrogens is 2.